The summed E-state index contributed by atoms with van der Waals surface area (Å²) in [4.78, 5) is 16.4. The molecule has 0 radical (unpaired) electrons. The van der Waals surface area contributed by atoms with Crippen molar-refractivity contribution in [3.63, 3.8) is 0 Å². The first-order chi connectivity index (χ1) is 35.1. The summed E-state index contributed by atoms with van der Waals surface area (Å²) in [7, 11) is 0. The van der Waals surface area contributed by atoms with Gasteiger partial charge in [-0.1, -0.05) is 89.5 Å². The fraction of sp³-hybridized carbons (Fsp3) is 1.00. The fourth-order valence-corrected chi connectivity index (χ4v) is 17.9. The number of hydrogen-bond donors (Lipinski definition) is 0. The van der Waals surface area contributed by atoms with Gasteiger partial charge in [-0.2, -0.15) is 0 Å². The van der Waals surface area contributed by atoms with Crippen LogP contribution in [0.3, 0.4) is 0 Å². The SMILES string of the molecule is CC(C)C1C2CC2CN1C(C)C.CC(C)C1C2CCC(C2)N1C(C)C.CC(C)C1C2CCC(CC2)N1C(C)C.CC(C)C1CC2(CC2)CN1C(C)C.CC(C)C1CCCCN1C(C)C.CC(C)C1CCCN1C(C)C. The Balaban J connectivity index is 0.000000167. The first-order valence-corrected chi connectivity index (χ1v) is 33.7. The predicted molar refractivity (Wildman–Crippen MR) is 331 cm³/mol. The van der Waals surface area contributed by atoms with Crippen molar-refractivity contribution >= 4 is 0 Å². The normalized spacial score (nSPS) is 34.6. The summed E-state index contributed by atoms with van der Waals surface area (Å²) in [5, 5.41) is 0. The van der Waals surface area contributed by atoms with Crippen LogP contribution in [0.2, 0.25) is 0 Å². The van der Waals surface area contributed by atoms with Crippen molar-refractivity contribution in [2.45, 2.75) is 353 Å². The molecule has 0 amide bonds. The zero-order valence-corrected chi connectivity index (χ0v) is 55.2. The smallest absolute Gasteiger partial charge is 0.0153 e. The first kappa shape index (κ1) is 65.6. The molecule has 7 heterocycles. The Morgan fingerprint density at radius 1 is 0.333 bits per heavy atom. The molecular formula is C69H136N6. The Labute approximate surface area is 471 Å². The van der Waals surface area contributed by atoms with Gasteiger partial charge in [0, 0.05) is 97.7 Å². The fourth-order valence-electron chi connectivity index (χ4n) is 17.9. The lowest BCUT2D eigenvalue weighted by molar-refractivity contribution is -0.0536. The van der Waals surface area contributed by atoms with Crippen LogP contribution < -0.4 is 0 Å². The Morgan fingerprint density at radius 3 is 1.13 bits per heavy atom. The molecule has 7 saturated heterocycles. The minimum atomic E-state index is 0.734. The van der Waals surface area contributed by atoms with Crippen LogP contribution in [-0.4, -0.2) is 140 Å². The van der Waals surface area contributed by atoms with Gasteiger partial charge in [-0.15, -0.1) is 0 Å². The lowest BCUT2D eigenvalue weighted by Gasteiger charge is -2.55. The summed E-state index contributed by atoms with van der Waals surface area (Å²) in [6.07, 6.45) is 23.4. The zero-order valence-electron chi connectivity index (χ0n) is 55.2. The van der Waals surface area contributed by atoms with Crippen LogP contribution in [0.4, 0.5) is 0 Å². The second kappa shape index (κ2) is 29.1. The molecule has 4 bridgehead atoms. The second-order valence-electron chi connectivity index (χ2n) is 31.2. The van der Waals surface area contributed by atoms with Crippen LogP contribution in [-0.2, 0) is 0 Å². The molecular weight excluding hydrogens is 913 g/mol. The van der Waals surface area contributed by atoms with Crippen LogP contribution in [0.1, 0.15) is 269 Å². The highest BCUT2D eigenvalue weighted by Crippen LogP contribution is 2.56. The molecule has 10 unspecified atom stereocenters. The van der Waals surface area contributed by atoms with Crippen LogP contribution in [0.15, 0.2) is 0 Å². The molecule has 75 heavy (non-hydrogen) atoms. The average Bonchev–Trinajstić information content (AvgIpc) is 3.81. The average molecular weight is 1050 g/mol. The Morgan fingerprint density at radius 2 is 0.760 bits per heavy atom. The van der Waals surface area contributed by atoms with Gasteiger partial charge in [-0.05, 0) is 257 Å². The molecule has 0 aromatic rings. The van der Waals surface area contributed by atoms with E-state index in [2.05, 4.69) is 196 Å². The molecule has 442 valence electrons. The first-order valence-electron chi connectivity index (χ1n) is 33.7. The molecule has 6 heteroatoms. The van der Waals surface area contributed by atoms with Crippen molar-refractivity contribution in [3.05, 3.63) is 0 Å². The largest absolute Gasteiger partial charge is 0.298 e. The predicted octanol–water partition coefficient (Wildman–Crippen LogP) is 16.9. The van der Waals surface area contributed by atoms with Gasteiger partial charge in [0.05, 0.1) is 0 Å². The van der Waals surface area contributed by atoms with E-state index in [1.54, 1.807) is 0 Å². The second-order valence-corrected chi connectivity index (χ2v) is 31.2. The van der Waals surface area contributed by atoms with Crippen molar-refractivity contribution in [1.82, 2.24) is 29.4 Å². The van der Waals surface area contributed by atoms with E-state index in [1.807, 2.05) is 0 Å². The molecule has 0 aromatic carbocycles. The van der Waals surface area contributed by atoms with Gasteiger partial charge in [-0.25, -0.2) is 0 Å². The maximum Gasteiger partial charge on any atom is 0.0153 e. The highest BCUT2D eigenvalue weighted by atomic mass is 15.3. The van der Waals surface area contributed by atoms with E-state index in [0.29, 0.717) is 0 Å². The molecule has 11 aliphatic rings. The van der Waals surface area contributed by atoms with Crippen molar-refractivity contribution in [2.75, 3.05) is 26.2 Å². The van der Waals surface area contributed by atoms with Gasteiger partial charge >= 0.3 is 0 Å². The molecule has 0 aromatic heterocycles. The monoisotopic (exact) mass is 1050 g/mol. The molecule has 7 aliphatic heterocycles. The van der Waals surface area contributed by atoms with Gasteiger partial charge in [-0.3, -0.25) is 29.4 Å². The molecule has 0 N–H and O–H groups in total. The number of rotatable bonds is 12. The summed E-state index contributed by atoms with van der Waals surface area (Å²) in [5.74, 6) is 9.19. The van der Waals surface area contributed by atoms with E-state index in [0.717, 1.165) is 149 Å². The lowest BCUT2D eigenvalue weighted by Crippen LogP contribution is -2.59. The van der Waals surface area contributed by atoms with E-state index < -0.39 is 0 Å². The number of hydrogen-bond acceptors (Lipinski definition) is 6. The molecule has 1 spiro atoms. The topological polar surface area (TPSA) is 19.4 Å². The third-order valence-corrected chi connectivity index (χ3v) is 21.6. The molecule has 4 aliphatic carbocycles. The minimum absolute atomic E-state index is 0.734. The van der Waals surface area contributed by atoms with Gasteiger partial charge in [0.1, 0.15) is 0 Å². The van der Waals surface area contributed by atoms with E-state index >= 15 is 0 Å². The summed E-state index contributed by atoms with van der Waals surface area (Å²) in [6, 6.07) is 11.5. The van der Waals surface area contributed by atoms with Gasteiger partial charge in [0.25, 0.3) is 0 Å². The van der Waals surface area contributed by atoms with Gasteiger partial charge in [0.2, 0.25) is 0 Å². The highest BCUT2D eigenvalue weighted by molar-refractivity contribution is 5.07. The van der Waals surface area contributed by atoms with Crippen molar-refractivity contribution in [2.24, 2.45) is 64.6 Å². The molecule has 11 fully saturated rings. The van der Waals surface area contributed by atoms with Crippen LogP contribution in [0, 0.1) is 64.6 Å². The van der Waals surface area contributed by atoms with E-state index in [-0.39, 0.29) is 0 Å². The van der Waals surface area contributed by atoms with E-state index in [1.165, 1.54) is 129 Å². The van der Waals surface area contributed by atoms with Crippen LogP contribution >= 0.6 is 0 Å². The number of fused-ring (bicyclic) bond motifs is 6. The third-order valence-electron chi connectivity index (χ3n) is 21.6. The quantitative estimate of drug-likeness (QED) is 0.193. The maximum absolute atomic E-state index is 2.82. The number of likely N-dealkylation sites (tertiary alicyclic amines) is 5. The minimum Gasteiger partial charge on any atom is -0.298 e. The van der Waals surface area contributed by atoms with Crippen LogP contribution in [0.25, 0.3) is 0 Å². The van der Waals surface area contributed by atoms with Crippen molar-refractivity contribution in [1.29, 1.82) is 0 Å². The van der Waals surface area contributed by atoms with E-state index in [4.69, 9.17) is 0 Å². The lowest BCUT2D eigenvalue weighted by atomic mass is 9.70. The maximum atomic E-state index is 2.82. The number of piperidine rings is 5. The zero-order chi connectivity index (χ0) is 56.0. The van der Waals surface area contributed by atoms with Gasteiger partial charge in [0.15, 0.2) is 0 Å². The van der Waals surface area contributed by atoms with Gasteiger partial charge < -0.3 is 0 Å². The van der Waals surface area contributed by atoms with E-state index in [9.17, 15) is 0 Å². The molecule has 10 atom stereocenters. The summed E-state index contributed by atoms with van der Waals surface area (Å²) >= 11 is 0. The molecule has 6 nitrogen and oxygen atoms in total. The highest BCUT2D eigenvalue weighted by Gasteiger charge is 2.54. The third kappa shape index (κ3) is 17.2. The van der Waals surface area contributed by atoms with Crippen molar-refractivity contribution < 1.29 is 0 Å². The standard InChI is InChI=1S/C13H25N.2C12H23N.C11H21N.C11H23N.C10H21N/c1-9(2)13-11-5-7-12(8-6-11)14(13)10(3)4;1-9(2)11-7-12(5-6-12)8-13(11)10(3)4;1-8(2)12-10-5-6-11(7-10)13(12)9(3)4;1-7(2)11-10-5-9(10)6-12(11)8(3)4;1-9(2)11-7-5-6-8-12(11)10(3)4;1-8(2)10-6-5-7-11(10)9(3)4/h9-13H,5-8H2,1-4H3;9-11H,5-8H2,1-4H3;8-12H,5-7H2,1-4H3;7-11H,5-6H2,1-4H3;9-11H,5-8H2,1-4H3;8-10H,5-7H2,1-4H3. The molecule has 4 saturated carbocycles. The Kier molecular flexibility index (Phi) is 25.5. The van der Waals surface area contributed by atoms with Crippen molar-refractivity contribution in [3.8, 4) is 0 Å². The number of nitrogens with zero attached hydrogens (tertiary/aromatic N) is 6. The Bertz CT molecular complexity index is 1480. The summed E-state index contributed by atoms with van der Waals surface area (Å²) in [5.41, 5.74) is 0.777. The van der Waals surface area contributed by atoms with Crippen LogP contribution in [0.5, 0.6) is 0 Å². The summed E-state index contributed by atoms with van der Waals surface area (Å²) < 4.78 is 0. The Hall–Kier alpha value is -0.240. The molecule has 11 rings (SSSR count). The summed E-state index contributed by atoms with van der Waals surface area (Å²) in [6.45, 7) is 61.9.